The molecule has 24 heavy (non-hydrogen) atoms. The number of hydrogen-bond acceptors (Lipinski definition) is 8. The first kappa shape index (κ1) is 165. The molecule has 0 unspecified atom stereocenters. The first-order chi connectivity index (χ1) is 4.00. The quantitative estimate of drug-likeness (QED) is 0.144. The van der Waals surface area contributed by atoms with E-state index in [1.807, 2.05) is 0 Å². The van der Waals surface area contributed by atoms with Crippen molar-refractivity contribution in [2.45, 2.75) is 0 Å². The zero-order valence-electron chi connectivity index (χ0n) is 11.9. The molecule has 0 aromatic heterocycles. The van der Waals surface area contributed by atoms with Crippen molar-refractivity contribution < 1.29 is 186 Å². The summed E-state index contributed by atoms with van der Waals surface area (Å²) >= 11 is 0. The molecule has 0 aliphatic rings. The van der Waals surface area contributed by atoms with Gasteiger partial charge in [0.15, 0.2) is 0 Å². The summed E-state index contributed by atoms with van der Waals surface area (Å²) in [4.78, 5) is 0. The SMILES string of the molecule is O.O.O.O.O.O.O=S(=O)([O-])[O-].O=S(=O)([O-])[O-].[Co+3].[Cs+].[OH3+].[OH3+].[OH3+].[OH3+].[OH3+].[OH3+]. The minimum atomic E-state index is -5.17. The van der Waals surface area contributed by atoms with Crippen LogP contribution >= 0.6 is 0 Å². The van der Waals surface area contributed by atoms with Crippen LogP contribution in [0.25, 0.3) is 0 Å². The molecule has 24 heteroatoms. The zero-order chi connectivity index (χ0) is 9.00. The molecule has 0 bridgehead atoms. The third-order valence-corrected chi connectivity index (χ3v) is 0. The first-order valence-electron chi connectivity index (χ1n) is 1.33. The molecular formula is H30CoCsO20S2+6. The van der Waals surface area contributed by atoms with Crippen molar-refractivity contribution in [2.75, 3.05) is 0 Å². The van der Waals surface area contributed by atoms with Crippen molar-refractivity contribution in [2.24, 2.45) is 0 Å². The van der Waals surface area contributed by atoms with E-state index in [0.29, 0.717) is 0 Å². The average molecular weight is 606 g/mol. The fourth-order valence-corrected chi connectivity index (χ4v) is 0. The van der Waals surface area contributed by atoms with Crippen LogP contribution in [0.1, 0.15) is 0 Å². The van der Waals surface area contributed by atoms with E-state index in [-0.39, 0.29) is 151 Å². The minimum Gasteiger partial charge on any atom is -0.759 e. The fraction of sp³-hybridized carbons (Fsp3) is 0. The van der Waals surface area contributed by atoms with E-state index < -0.39 is 20.8 Å². The van der Waals surface area contributed by atoms with Gasteiger partial charge < -0.3 is 83.9 Å². The summed E-state index contributed by atoms with van der Waals surface area (Å²) in [7, 11) is -10.3. The summed E-state index contributed by atoms with van der Waals surface area (Å²) < 4.78 is 68.2. The van der Waals surface area contributed by atoms with E-state index in [1.165, 1.54) is 0 Å². The summed E-state index contributed by atoms with van der Waals surface area (Å²) in [6.07, 6.45) is 0. The van der Waals surface area contributed by atoms with Crippen LogP contribution in [0.2, 0.25) is 0 Å². The molecule has 0 aromatic carbocycles. The van der Waals surface area contributed by atoms with E-state index in [0.717, 1.165) is 0 Å². The van der Waals surface area contributed by atoms with Crippen LogP contribution in [0.3, 0.4) is 0 Å². The molecule has 0 aliphatic heterocycles. The van der Waals surface area contributed by atoms with E-state index >= 15 is 0 Å². The van der Waals surface area contributed by atoms with Gasteiger partial charge in [-0.15, -0.1) is 0 Å². The maximum Gasteiger partial charge on any atom is 3.00 e. The van der Waals surface area contributed by atoms with Crippen molar-refractivity contribution in [3.05, 3.63) is 0 Å². The average Bonchev–Trinajstić information content (AvgIpc) is 1.12. The molecule has 0 aromatic rings. The van der Waals surface area contributed by atoms with E-state index in [2.05, 4.69) is 0 Å². The van der Waals surface area contributed by atoms with Crippen molar-refractivity contribution >= 4 is 20.8 Å². The molecule has 0 amide bonds. The van der Waals surface area contributed by atoms with Crippen LogP contribution < -0.4 is 68.9 Å². The topological polar surface area (TPSA) is 548 Å². The largest absolute Gasteiger partial charge is 3.00 e. The summed E-state index contributed by atoms with van der Waals surface area (Å²) in [5, 5.41) is 0. The second-order valence-electron chi connectivity index (χ2n) is 0.816. The molecule has 0 saturated carbocycles. The van der Waals surface area contributed by atoms with Gasteiger partial charge in [-0.05, 0) is 0 Å². The van der Waals surface area contributed by atoms with Gasteiger partial charge in [-0.25, -0.2) is 0 Å². The molecule has 0 radical (unpaired) electrons. The van der Waals surface area contributed by atoms with Crippen molar-refractivity contribution in [1.82, 2.24) is 0 Å². The Bertz CT molecular complexity index is 218. The molecule has 0 atom stereocenters. The Balaban J connectivity index is -0.00000000241. The second-order valence-corrected chi connectivity index (χ2v) is 2.45. The Kier molecular flexibility index (Phi) is 507. The molecule has 30 N–H and O–H groups in total. The van der Waals surface area contributed by atoms with Gasteiger partial charge in [0.05, 0.1) is 0 Å². The van der Waals surface area contributed by atoms with Gasteiger partial charge in [-0.2, -0.15) is 0 Å². The molecule has 0 rings (SSSR count). The van der Waals surface area contributed by atoms with Gasteiger partial charge in [0.2, 0.25) is 0 Å². The summed E-state index contributed by atoms with van der Waals surface area (Å²) in [5.74, 6) is 0. The Hall–Kier alpha value is 1.82. The summed E-state index contributed by atoms with van der Waals surface area (Å²) in [6.45, 7) is 0. The standard InChI is InChI=1S/Co.Cs.2H2O4S.12H2O/c;;2*1-5(2,3)4;;;;;;;;;;;;/h;;2*(H2,1,2,3,4);12*1H2/q+3;+1;;;;;;;;;;;;;;/p+2. The Morgan fingerprint density at radius 1 is 0.417 bits per heavy atom. The monoisotopic (exact) mass is 606 g/mol. The Labute approximate surface area is 204 Å². The smallest absolute Gasteiger partial charge is 0.759 e. The van der Waals surface area contributed by atoms with Crippen molar-refractivity contribution in [1.29, 1.82) is 0 Å². The molecule has 0 fully saturated rings. The molecule has 0 aliphatic carbocycles. The predicted octanol–water partition coefficient (Wildman–Crippen LogP) is -16.2. The van der Waals surface area contributed by atoms with Gasteiger partial charge in [0.25, 0.3) is 0 Å². The summed E-state index contributed by atoms with van der Waals surface area (Å²) in [5.41, 5.74) is 0. The minimum absolute atomic E-state index is 0. The van der Waals surface area contributed by atoms with Crippen LogP contribution in [0.5, 0.6) is 0 Å². The van der Waals surface area contributed by atoms with Crippen LogP contribution in [0, 0.1) is 0 Å². The van der Waals surface area contributed by atoms with Crippen molar-refractivity contribution in [3.63, 3.8) is 0 Å². The number of rotatable bonds is 0. The first-order valence-corrected chi connectivity index (χ1v) is 4.00. The maximum absolute atomic E-state index is 8.52. The Morgan fingerprint density at radius 3 is 0.417 bits per heavy atom. The molecule has 0 spiro atoms. The van der Waals surface area contributed by atoms with Gasteiger partial charge >= 0.3 is 85.7 Å². The van der Waals surface area contributed by atoms with Crippen molar-refractivity contribution in [3.8, 4) is 0 Å². The fourth-order valence-electron chi connectivity index (χ4n) is 0. The van der Waals surface area contributed by atoms with Crippen LogP contribution in [-0.4, -0.2) is 67.9 Å². The Morgan fingerprint density at radius 2 is 0.417 bits per heavy atom. The van der Waals surface area contributed by atoms with Gasteiger partial charge in [0, 0.05) is 20.8 Å². The molecule has 0 heterocycles. The molecule has 20 nitrogen and oxygen atoms in total. The van der Waals surface area contributed by atoms with Crippen LogP contribution in [0.15, 0.2) is 0 Å². The van der Waals surface area contributed by atoms with Gasteiger partial charge in [-0.1, -0.05) is 0 Å². The molecular weight excluding hydrogens is 576 g/mol. The normalized spacial score (nSPS) is 4.83. The number of hydrogen-bond donors (Lipinski definition) is 0. The maximum atomic E-state index is 8.52. The van der Waals surface area contributed by atoms with E-state index in [1.54, 1.807) is 0 Å². The third-order valence-electron chi connectivity index (χ3n) is 0. The molecule has 166 valence electrons. The van der Waals surface area contributed by atoms with Gasteiger partial charge in [0.1, 0.15) is 0 Å². The summed E-state index contributed by atoms with van der Waals surface area (Å²) in [6, 6.07) is 0. The molecule has 0 saturated heterocycles. The second kappa shape index (κ2) is 73.7. The van der Waals surface area contributed by atoms with E-state index in [4.69, 9.17) is 35.0 Å². The van der Waals surface area contributed by atoms with E-state index in [9.17, 15) is 0 Å². The van der Waals surface area contributed by atoms with Crippen LogP contribution in [0.4, 0.5) is 0 Å². The predicted molar refractivity (Wildman–Crippen MR) is 71.9 cm³/mol. The van der Waals surface area contributed by atoms with Crippen LogP contribution in [-0.2, 0) is 70.4 Å². The zero-order valence-corrected chi connectivity index (χ0v) is 20.8. The third kappa shape index (κ3) is 3750. The van der Waals surface area contributed by atoms with Gasteiger partial charge in [-0.3, -0.25) is 16.8 Å².